The van der Waals surface area contributed by atoms with Crippen LogP contribution in [0.4, 0.5) is 0 Å². The molecule has 2 saturated heterocycles. The molecule has 0 amide bonds. The maximum absolute atomic E-state index is 6.14. The van der Waals surface area contributed by atoms with Gasteiger partial charge in [-0.3, -0.25) is 0 Å². The summed E-state index contributed by atoms with van der Waals surface area (Å²) < 4.78 is 10.6. The SMILES string of the molecule is c1ccc2c(c1)C(CNCC1CCNCC1)=C1OCCCI12. The van der Waals surface area contributed by atoms with E-state index < -0.39 is 19.8 Å². The molecular weight excluding hydrogens is 387 g/mol. The number of fused-ring (bicyclic) bond motifs is 3. The van der Waals surface area contributed by atoms with Crippen LogP contribution in [0.5, 0.6) is 0 Å². The molecule has 0 aromatic heterocycles. The van der Waals surface area contributed by atoms with E-state index in [-0.39, 0.29) is 0 Å². The van der Waals surface area contributed by atoms with E-state index in [1.807, 2.05) is 0 Å². The normalized spacial score (nSPS) is 23.2. The summed E-state index contributed by atoms with van der Waals surface area (Å²) in [6, 6.07) is 9.05. The van der Waals surface area contributed by atoms with Gasteiger partial charge in [-0.25, -0.2) is 0 Å². The zero-order valence-electron chi connectivity index (χ0n) is 13.0. The molecule has 0 bridgehead atoms. The number of rotatable bonds is 4. The van der Waals surface area contributed by atoms with Crippen LogP contribution >= 0.6 is 19.8 Å². The molecule has 3 nitrogen and oxygen atoms in total. The molecule has 0 atom stereocenters. The standard InChI is InChI=1S/C18H25IN2O/c1-2-5-17-15(4-1)16(18-19(17)8-3-11-22-18)13-21-12-14-6-9-20-10-7-14/h1-2,4-5,14,20-21H,3,6-13H2. The summed E-state index contributed by atoms with van der Waals surface area (Å²) in [6.07, 6.45) is 3.87. The zero-order chi connectivity index (χ0) is 14.8. The quantitative estimate of drug-likeness (QED) is 0.589. The van der Waals surface area contributed by atoms with E-state index in [4.69, 9.17) is 4.74 Å². The molecule has 3 aliphatic rings. The molecule has 4 rings (SSSR count). The Morgan fingerprint density at radius 3 is 3.00 bits per heavy atom. The summed E-state index contributed by atoms with van der Waals surface area (Å²) in [6.45, 7) is 5.43. The van der Waals surface area contributed by atoms with Gasteiger partial charge in [0, 0.05) is 0 Å². The molecule has 0 aliphatic carbocycles. The fourth-order valence-electron chi connectivity index (χ4n) is 3.58. The first-order valence-corrected chi connectivity index (χ1v) is 12.1. The van der Waals surface area contributed by atoms with E-state index in [0.717, 1.165) is 25.6 Å². The van der Waals surface area contributed by atoms with Crippen molar-refractivity contribution in [2.45, 2.75) is 19.3 Å². The monoisotopic (exact) mass is 412 g/mol. The van der Waals surface area contributed by atoms with Crippen molar-refractivity contribution in [2.75, 3.05) is 37.2 Å². The first kappa shape index (κ1) is 15.0. The molecule has 0 spiro atoms. The van der Waals surface area contributed by atoms with Gasteiger partial charge in [-0.05, 0) is 0 Å². The van der Waals surface area contributed by atoms with Gasteiger partial charge in [0.25, 0.3) is 0 Å². The number of ether oxygens (including phenoxy) is 1. The Bertz CT molecular complexity index is 566. The second kappa shape index (κ2) is 6.89. The molecule has 3 aliphatic heterocycles. The van der Waals surface area contributed by atoms with Crippen LogP contribution in [0.2, 0.25) is 0 Å². The number of halogens is 1. The third-order valence-electron chi connectivity index (χ3n) is 4.78. The first-order valence-electron chi connectivity index (χ1n) is 8.46. The molecule has 0 unspecified atom stereocenters. The summed E-state index contributed by atoms with van der Waals surface area (Å²) in [5.41, 5.74) is 2.97. The van der Waals surface area contributed by atoms with Crippen LogP contribution in [-0.2, 0) is 4.74 Å². The van der Waals surface area contributed by atoms with Gasteiger partial charge in [-0.2, -0.15) is 0 Å². The van der Waals surface area contributed by atoms with Gasteiger partial charge >= 0.3 is 140 Å². The topological polar surface area (TPSA) is 33.3 Å². The molecule has 1 aromatic carbocycles. The van der Waals surface area contributed by atoms with E-state index in [1.165, 1.54) is 51.7 Å². The van der Waals surface area contributed by atoms with Crippen molar-refractivity contribution in [3.05, 3.63) is 37.2 Å². The molecule has 0 saturated carbocycles. The minimum atomic E-state index is -1.21. The predicted octanol–water partition coefficient (Wildman–Crippen LogP) is 3.05. The predicted molar refractivity (Wildman–Crippen MR) is 100.0 cm³/mol. The number of alkyl halides is 1. The number of benzene rings is 1. The third-order valence-corrected chi connectivity index (χ3v) is 11.1. The number of piperidine rings is 1. The summed E-state index contributed by atoms with van der Waals surface area (Å²) in [4.78, 5) is 0. The summed E-state index contributed by atoms with van der Waals surface area (Å²) >= 11 is -1.21. The zero-order valence-corrected chi connectivity index (χ0v) is 15.2. The number of hydrogen-bond acceptors (Lipinski definition) is 3. The first-order chi connectivity index (χ1) is 10.9. The Hall–Kier alpha value is -0.590. The van der Waals surface area contributed by atoms with Crippen molar-refractivity contribution in [2.24, 2.45) is 5.92 Å². The van der Waals surface area contributed by atoms with Crippen molar-refractivity contribution in [1.82, 2.24) is 10.6 Å². The Balaban J connectivity index is 1.47. The fourth-order valence-corrected chi connectivity index (χ4v) is 9.97. The average molecular weight is 412 g/mol. The molecule has 0 radical (unpaired) electrons. The summed E-state index contributed by atoms with van der Waals surface area (Å²) in [5.74, 6) is 0.838. The minimum absolute atomic E-state index is 0.838. The van der Waals surface area contributed by atoms with Gasteiger partial charge in [0.15, 0.2) is 0 Å². The molecule has 2 N–H and O–H groups in total. The summed E-state index contributed by atoms with van der Waals surface area (Å²) in [7, 11) is 0. The molecule has 2 fully saturated rings. The number of nitrogens with one attached hydrogen (secondary N) is 2. The van der Waals surface area contributed by atoms with Crippen LogP contribution in [0, 0.1) is 9.49 Å². The Kier molecular flexibility index (Phi) is 4.69. The molecule has 22 heavy (non-hydrogen) atoms. The molecule has 1 aromatic rings. The van der Waals surface area contributed by atoms with Crippen LogP contribution in [0.15, 0.2) is 28.0 Å². The Morgan fingerprint density at radius 1 is 1.23 bits per heavy atom. The molecule has 3 heterocycles. The average Bonchev–Trinajstić information content (AvgIpc) is 2.91. The van der Waals surface area contributed by atoms with Crippen molar-refractivity contribution in [3.63, 3.8) is 0 Å². The third kappa shape index (κ3) is 2.93. The van der Waals surface area contributed by atoms with Gasteiger partial charge in [-0.15, -0.1) is 0 Å². The molecule has 120 valence electrons. The van der Waals surface area contributed by atoms with Gasteiger partial charge in [0.05, 0.1) is 0 Å². The molecule has 4 heteroatoms. The van der Waals surface area contributed by atoms with Crippen molar-refractivity contribution < 1.29 is 4.74 Å². The second-order valence-corrected chi connectivity index (χ2v) is 11.6. The fraction of sp³-hybridized carbons (Fsp3) is 0.556. The van der Waals surface area contributed by atoms with Crippen LogP contribution in [0.3, 0.4) is 0 Å². The van der Waals surface area contributed by atoms with E-state index in [2.05, 4.69) is 34.9 Å². The van der Waals surface area contributed by atoms with E-state index >= 15 is 0 Å². The second-order valence-electron chi connectivity index (χ2n) is 6.31. The Morgan fingerprint density at radius 2 is 2.09 bits per heavy atom. The van der Waals surface area contributed by atoms with Crippen molar-refractivity contribution in [1.29, 1.82) is 0 Å². The van der Waals surface area contributed by atoms with Gasteiger partial charge in [-0.1, -0.05) is 0 Å². The van der Waals surface area contributed by atoms with Crippen LogP contribution < -0.4 is 10.6 Å². The van der Waals surface area contributed by atoms with Gasteiger partial charge < -0.3 is 0 Å². The molecular formula is C18H25IN2O. The van der Waals surface area contributed by atoms with E-state index in [0.29, 0.717) is 0 Å². The van der Waals surface area contributed by atoms with Gasteiger partial charge in [0.1, 0.15) is 0 Å². The van der Waals surface area contributed by atoms with Crippen molar-refractivity contribution >= 4 is 25.4 Å². The van der Waals surface area contributed by atoms with Crippen LogP contribution in [0.25, 0.3) is 5.57 Å². The van der Waals surface area contributed by atoms with Gasteiger partial charge in [0.2, 0.25) is 0 Å². The van der Waals surface area contributed by atoms with Crippen LogP contribution in [0.1, 0.15) is 24.8 Å². The summed E-state index contributed by atoms with van der Waals surface area (Å²) in [5, 5.41) is 7.18. The van der Waals surface area contributed by atoms with Crippen molar-refractivity contribution in [3.8, 4) is 0 Å². The van der Waals surface area contributed by atoms with Crippen LogP contribution in [-0.4, -0.2) is 37.2 Å². The maximum atomic E-state index is 6.14. The van der Waals surface area contributed by atoms with E-state index in [1.54, 1.807) is 3.57 Å². The number of hydrogen-bond donors (Lipinski definition) is 2. The van der Waals surface area contributed by atoms with E-state index in [9.17, 15) is 0 Å². The Labute approximate surface area is 140 Å².